The molecule has 2 aromatic carbocycles. The van der Waals surface area contributed by atoms with Crippen LogP contribution in [0.2, 0.25) is 0 Å². The number of nitrogens with zero attached hydrogens (tertiary/aromatic N) is 2. The Labute approximate surface area is 148 Å². The Kier molecular flexibility index (Phi) is 5.70. The molecule has 0 spiro atoms. The monoisotopic (exact) mass is 344 g/mol. The van der Waals surface area contributed by atoms with E-state index in [-0.39, 0.29) is 0 Å². The maximum atomic E-state index is 2.57. The number of benzene rings is 2. The van der Waals surface area contributed by atoms with E-state index in [4.69, 9.17) is 0 Å². The molecule has 0 aliphatic carbocycles. The van der Waals surface area contributed by atoms with Crippen LogP contribution in [0.1, 0.15) is 30.1 Å². The van der Waals surface area contributed by atoms with Crippen LogP contribution in [-0.4, -0.2) is 33.7 Å². The Morgan fingerprint density at radius 1 is 0.783 bits per heavy atom. The zero-order chi connectivity index (χ0) is 16.2. The number of hydrogen-bond acceptors (Lipinski definition) is 4. The van der Waals surface area contributed by atoms with E-state index in [1.165, 1.54) is 11.1 Å². The second-order valence-electron chi connectivity index (χ2n) is 5.88. The third kappa shape index (κ3) is 3.45. The molecule has 1 heterocycles. The van der Waals surface area contributed by atoms with E-state index < -0.39 is 0 Å². The van der Waals surface area contributed by atoms with Gasteiger partial charge in [-0.05, 0) is 30.6 Å². The topological polar surface area (TPSA) is 6.48 Å². The summed E-state index contributed by atoms with van der Waals surface area (Å²) in [7, 11) is 0. The fourth-order valence-corrected chi connectivity index (χ4v) is 5.20. The van der Waals surface area contributed by atoms with Gasteiger partial charge in [0.1, 0.15) is 0 Å². The molecule has 1 aliphatic rings. The van der Waals surface area contributed by atoms with Gasteiger partial charge in [-0.2, -0.15) is 0 Å². The Bertz CT molecular complexity index is 605. The fraction of sp³-hybridized carbons (Fsp3) is 0.368. The highest BCUT2D eigenvalue weighted by molar-refractivity contribution is 7.96. The minimum atomic E-state index is 0.352. The average Bonchev–Trinajstić information content (AvgIpc) is 2.62. The van der Waals surface area contributed by atoms with Gasteiger partial charge in [-0.25, -0.2) is 8.61 Å². The van der Waals surface area contributed by atoms with Crippen molar-refractivity contribution in [2.45, 2.75) is 25.0 Å². The van der Waals surface area contributed by atoms with Gasteiger partial charge in [-0.3, -0.25) is 0 Å². The molecular formula is C19H24N2S2. The van der Waals surface area contributed by atoms with E-state index in [9.17, 15) is 0 Å². The predicted molar refractivity (Wildman–Crippen MR) is 103 cm³/mol. The van der Waals surface area contributed by atoms with Crippen LogP contribution in [0.5, 0.6) is 0 Å². The second-order valence-corrected chi connectivity index (χ2v) is 7.51. The lowest BCUT2D eigenvalue weighted by Gasteiger charge is -2.49. The first-order valence-electron chi connectivity index (χ1n) is 7.99. The Balaban J connectivity index is 2.09. The number of piperazine rings is 1. The van der Waals surface area contributed by atoms with Crippen molar-refractivity contribution in [1.82, 2.24) is 8.61 Å². The largest absolute Gasteiger partial charge is 0.240 e. The summed E-state index contributed by atoms with van der Waals surface area (Å²) in [5.41, 5.74) is 2.78. The molecule has 1 fully saturated rings. The normalized spacial score (nSPS) is 26.3. The van der Waals surface area contributed by atoms with Crippen LogP contribution in [0.3, 0.4) is 0 Å². The molecule has 0 aromatic heterocycles. The van der Waals surface area contributed by atoms with E-state index in [1.807, 2.05) is 23.9 Å². The summed E-state index contributed by atoms with van der Waals surface area (Å²) < 4.78 is 5.12. The van der Waals surface area contributed by atoms with E-state index in [2.05, 4.69) is 88.7 Å². The minimum Gasteiger partial charge on any atom is -0.240 e. The number of rotatable bonds is 4. The van der Waals surface area contributed by atoms with Crippen LogP contribution in [0.4, 0.5) is 0 Å². The van der Waals surface area contributed by atoms with Crippen LogP contribution >= 0.6 is 23.9 Å². The van der Waals surface area contributed by atoms with Crippen LogP contribution in [0, 0.1) is 0 Å². The summed E-state index contributed by atoms with van der Waals surface area (Å²) in [6.45, 7) is 3.40. The highest BCUT2D eigenvalue weighted by Crippen LogP contribution is 2.47. The molecule has 2 nitrogen and oxygen atoms in total. The molecule has 1 aliphatic heterocycles. The van der Waals surface area contributed by atoms with Crippen LogP contribution < -0.4 is 0 Å². The van der Waals surface area contributed by atoms with Crippen LogP contribution in [-0.2, 0) is 0 Å². The molecule has 0 saturated carbocycles. The van der Waals surface area contributed by atoms with Crippen molar-refractivity contribution in [2.75, 3.05) is 19.1 Å². The van der Waals surface area contributed by atoms with Crippen molar-refractivity contribution < 1.29 is 0 Å². The smallest absolute Gasteiger partial charge is 0.0661 e. The zero-order valence-corrected chi connectivity index (χ0v) is 15.6. The molecule has 1 saturated heterocycles. The van der Waals surface area contributed by atoms with Crippen molar-refractivity contribution in [1.29, 1.82) is 0 Å². The summed E-state index contributed by atoms with van der Waals surface area (Å²) in [5.74, 6) is 0. The standard InChI is InChI=1S/C19H24N2S2/c1-15-14-20(22-2)18(16-10-6-4-7-11-16)19(21(15)23-3)17-12-8-5-9-13-17/h4-13,15,18-19H,14H2,1-3H3. The summed E-state index contributed by atoms with van der Waals surface area (Å²) in [4.78, 5) is 0. The van der Waals surface area contributed by atoms with Crippen LogP contribution in [0.25, 0.3) is 0 Å². The quantitative estimate of drug-likeness (QED) is 0.717. The van der Waals surface area contributed by atoms with Crippen LogP contribution in [0.15, 0.2) is 60.7 Å². The number of hydrogen-bond donors (Lipinski definition) is 0. The predicted octanol–water partition coefficient (Wildman–Crippen LogP) is 5.03. The first kappa shape index (κ1) is 16.9. The molecule has 122 valence electrons. The minimum absolute atomic E-state index is 0.352. The summed E-state index contributed by atoms with van der Waals surface area (Å²) in [6.07, 6.45) is 4.39. The average molecular weight is 345 g/mol. The van der Waals surface area contributed by atoms with Gasteiger partial charge >= 0.3 is 0 Å². The zero-order valence-electron chi connectivity index (χ0n) is 13.9. The lowest BCUT2D eigenvalue weighted by atomic mass is 9.90. The summed E-state index contributed by atoms with van der Waals surface area (Å²) >= 11 is 3.73. The van der Waals surface area contributed by atoms with E-state index >= 15 is 0 Å². The van der Waals surface area contributed by atoms with Gasteiger partial charge in [0.2, 0.25) is 0 Å². The summed E-state index contributed by atoms with van der Waals surface area (Å²) in [5, 5.41) is 0. The molecule has 3 rings (SSSR count). The van der Waals surface area contributed by atoms with Crippen molar-refractivity contribution in [3.63, 3.8) is 0 Å². The van der Waals surface area contributed by atoms with Crippen molar-refractivity contribution in [2.24, 2.45) is 0 Å². The molecule has 4 heteroatoms. The highest BCUT2D eigenvalue weighted by atomic mass is 32.2. The van der Waals surface area contributed by atoms with Gasteiger partial charge in [-0.1, -0.05) is 84.6 Å². The molecule has 0 radical (unpaired) electrons. The molecule has 0 amide bonds. The van der Waals surface area contributed by atoms with Gasteiger partial charge in [0.05, 0.1) is 12.1 Å². The molecule has 3 unspecified atom stereocenters. The summed E-state index contributed by atoms with van der Waals surface area (Å²) in [6, 6.07) is 23.1. The van der Waals surface area contributed by atoms with Gasteiger partial charge < -0.3 is 0 Å². The third-order valence-corrected chi connectivity index (χ3v) is 6.34. The first-order valence-corrected chi connectivity index (χ1v) is 10.4. The Morgan fingerprint density at radius 2 is 1.30 bits per heavy atom. The first-order chi connectivity index (χ1) is 11.3. The van der Waals surface area contributed by atoms with Crippen molar-refractivity contribution >= 4 is 23.9 Å². The van der Waals surface area contributed by atoms with E-state index in [1.54, 1.807) is 0 Å². The lowest BCUT2D eigenvalue weighted by molar-refractivity contribution is 0.109. The van der Waals surface area contributed by atoms with Gasteiger partial charge in [0.25, 0.3) is 0 Å². The van der Waals surface area contributed by atoms with Gasteiger partial charge in [-0.15, -0.1) is 0 Å². The second kappa shape index (κ2) is 7.75. The Hall–Kier alpha value is -0.940. The molecule has 0 N–H and O–H groups in total. The molecule has 3 atom stereocenters. The molecule has 23 heavy (non-hydrogen) atoms. The SMILES string of the molecule is CSN1CC(C)N(SC)C(c2ccccc2)C1c1ccccc1. The van der Waals surface area contributed by atoms with Gasteiger partial charge in [0.15, 0.2) is 0 Å². The maximum absolute atomic E-state index is 2.57. The molecular weight excluding hydrogens is 320 g/mol. The molecule has 2 aromatic rings. The lowest BCUT2D eigenvalue weighted by Crippen LogP contribution is -2.49. The third-order valence-electron chi connectivity index (χ3n) is 4.49. The Morgan fingerprint density at radius 3 is 1.78 bits per heavy atom. The van der Waals surface area contributed by atoms with Gasteiger partial charge in [0, 0.05) is 12.6 Å². The highest BCUT2D eigenvalue weighted by Gasteiger charge is 2.41. The van der Waals surface area contributed by atoms with Crippen molar-refractivity contribution in [3.8, 4) is 0 Å². The molecule has 0 bridgehead atoms. The maximum Gasteiger partial charge on any atom is 0.0661 e. The van der Waals surface area contributed by atoms with E-state index in [0.717, 1.165) is 6.54 Å². The fourth-order valence-electron chi connectivity index (χ4n) is 3.49. The van der Waals surface area contributed by atoms with Crippen molar-refractivity contribution in [3.05, 3.63) is 71.8 Å². The van der Waals surface area contributed by atoms with E-state index in [0.29, 0.717) is 18.1 Å².